The van der Waals surface area contributed by atoms with E-state index in [1.54, 1.807) is 26.0 Å². The van der Waals surface area contributed by atoms with Crippen molar-refractivity contribution in [2.24, 2.45) is 11.7 Å². The minimum atomic E-state index is -1.17. The van der Waals surface area contributed by atoms with Crippen LogP contribution in [0.15, 0.2) is 24.3 Å². The molecule has 0 bridgehead atoms. The van der Waals surface area contributed by atoms with Crippen LogP contribution in [-0.4, -0.2) is 58.6 Å². The second-order valence-corrected chi connectivity index (χ2v) is 7.05. The number of carbonyl (C=O) groups is 4. The molecule has 29 heavy (non-hydrogen) atoms. The highest BCUT2D eigenvalue weighted by Crippen LogP contribution is 2.10. The van der Waals surface area contributed by atoms with Crippen molar-refractivity contribution in [3.63, 3.8) is 0 Å². The first-order valence-electron chi connectivity index (χ1n) is 9.15. The maximum absolute atomic E-state index is 12.1. The van der Waals surface area contributed by atoms with Gasteiger partial charge in [0.1, 0.15) is 17.8 Å². The predicted octanol–water partition coefficient (Wildman–Crippen LogP) is -0.892. The maximum atomic E-state index is 12.1. The van der Waals surface area contributed by atoms with Crippen molar-refractivity contribution in [1.82, 2.24) is 16.0 Å². The molecule has 0 radical (unpaired) electrons. The van der Waals surface area contributed by atoms with Crippen LogP contribution < -0.4 is 21.7 Å². The van der Waals surface area contributed by atoms with E-state index in [4.69, 9.17) is 10.8 Å². The molecule has 3 atom stereocenters. The van der Waals surface area contributed by atoms with Gasteiger partial charge < -0.3 is 31.9 Å². The van der Waals surface area contributed by atoms with Gasteiger partial charge in [-0.25, -0.2) is 4.79 Å². The van der Waals surface area contributed by atoms with Gasteiger partial charge in [-0.3, -0.25) is 14.4 Å². The highest BCUT2D eigenvalue weighted by molar-refractivity contribution is 5.92. The highest BCUT2D eigenvalue weighted by atomic mass is 16.4. The molecule has 1 aromatic rings. The quantitative estimate of drug-likeness (QED) is 0.291. The smallest absolute Gasteiger partial charge is 0.326 e. The Bertz CT molecular complexity index is 735. The summed E-state index contributed by atoms with van der Waals surface area (Å²) in [4.78, 5) is 47.2. The molecule has 3 amide bonds. The van der Waals surface area contributed by atoms with Crippen molar-refractivity contribution >= 4 is 23.7 Å². The van der Waals surface area contributed by atoms with E-state index >= 15 is 0 Å². The zero-order valence-corrected chi connectivity index (χ0v) is 16.6. The lowest BCUT2D eigenvalue weighted by Crippen LogP contribution is -2.53. The van der Waals surface area contributed by atoms with Crippen molar-refractivity contribution < 1.29 is 29.4 Å². The number of aliphatic carboxylic acids is 1. The first-order chi connectivity index (χ1) is 13.5. The lowest BCUT2D eigenvalue weighted by Gasteiger charge is -2.21. The van der Waals surface area contributed by atoms with Crippen LogP contribution >= 0.6 is 0 Å². The van der Waals surface area contributed by atoms with Crippen LogP contribution in [0.1, 0.15) is 26.3 Å². The molecule has 0 saturated heterocycles. The van der Waals surface area contributed by atoms with E-state index in [1.165, 1.54) is 19.1 Å². The van der Waals surface area contributed by atoms with Crippen LogP contribution in [0, 0.1) is 5.92 Å². The third-order valence-corrected chi connectivity index (χ3v) is 4.15. The molecular formula is C19H28N4O6. The monoisotopic (exact) mass is 408 g/mol. The Morgan fingerprint density at radius 2 is 1.59 bits per heavy atom. The molecule has 3 unspecified atom stereocenters. The lowest BCUT2D eigenvalue weighted by molar-refractivity contribution is -0.143. The van der Waals surface area contributed by atoms with Gasteiger partial charge in [0.25, 0.3) is 0 Å². The van der Waals surface area contributed by atoms with Crippen molar-refractivity contribution in [3.8, 4) is 5.75 Å². The zero-order valence-electron chi connectivity index (χ0n) is 16.6. The summed E-state index contributed by atoms with van der Waals surface area (Å²) in [7, 11) is 0. The van der Waals surface area contributed by atoms with Crippen LogP contribution in [0.4, 0.5) is 0 Å². The fraction of sp³-hybridized carbons (Fsp3) is 0.474. The van der Waals surface area contributed by atoms with Gasteiger partial charge in [-0.15, -0.1) is 0 Å². The number of hydrogen-bond acceptors (Lipinski definition) is 6. The van der Waals surface area contributed by atoms with Crippen LogP contribution in [0.25, 0.3) is 0 Å². The molecule has 0 aromatic heterocycles. The molecule has 0 aliphatic heterocycles. The molecule has 0 saturated carbocycles. The number of phenolic OH excluding ortho intramolecular Hbond substituents is 1. The summed E-state index contributed by atoms with van der Waals surface area (Å²) in [6, 6.07) is 3.29. The number of rotatable bonds is 10. The number of carboxylic acid groups (broad SMARTS) is 1. The Kier molecular flexibility index (Phi) is 9.07. The Morgan fingerprint density at radius 3 is 2.10 bits per heavy atom. The van der Waals surface area contributed by atoms with Gasteiger partial charge in [0, 0.05) is 0 Å². The van der Waals surface area contributed by atoms with Crippen LogP contribution in [-0.2, 0) is 25.6 Å². The number of phenols is 1. The molecule has 1 aromatic carbocycles. The second kappa shape index (κ2) is 11.0. The second-order valence-electron chi connectivity index (χ2n) is 7.05. The number of amides is 3. The number of carboxylic acids is 1. The summed E-state index contributed by atoms with van der Waals surface area (Å²) in [6.45, 7) is 4.33. The number of nitrogens with two attached hydrogens (primary N) is 1. The zero-order chi connectivity index (χ0) is 22.1. The lowest BCUT2D eigenvalue weighted by atomic mass is 10.0. The third-order valence-electron chi connectivity index (χ3n) is 4.15. The van der Waals surface area contributed by atoms with E-state index in [0.29, 0.717) is 0 Å². The summed E-state index contributed by atoms with van der Waals surface area (Å²) in [5.41, 5.74) is 6.56. The van der Waals surface area contributed by atoms with Crippen molar-refractivity contribution in [2.45, 2.75) is 45.3 Å². The molecule has 7 N–H and O–H groups in total. The molecule has 0 aliphatic carbocycles. The van der Waals surface area contributed by atoms with Crippen LogP contribution in [0.3, 0.4) is 0 Å². The van der Waals surface area contributed by atoms with Crippen LogP contribution in [0.2, 0.25) is 0 Å². The molecule has 10 heteroatoms. The minimum Gasteiger partial charge on any atom is -0.508 e. The molecule has 160 valence electrons. The maximum Gasteiger partial charge on any atom is 0.326 e. The van der Waals surface area contributed by atoms with Gasteiger partial charge in [-0.05, 0) is 37.0 Å². The summed E-state index contributed by atoms with van der Waals surface area (Å²) in [5, 5.41) is 25.5. The number of benzene rings is 1. The van der Waals surface area contributed by atoms with E-state index in [1.807, 2.05) is 0 Å². The fourth-order valence-corrected chi connectivity index (χ4v) is 2.43. The van der Waals surface area contributed by atoms with E-state index in [-0.39, 0.29) is 24.6 Å². The van der Waals surface area contributed by atoms with E-state index < -0.39 is 41.8 Å². The Hall–Kier alpha value is -3.14. The normalized spacial score (nSPS) is 13.8. The first-order valence-corrected chi connectivity index (χ1v) is 9.15. The predicted molar refractivity (Wildman–Crippen MR) is 105 cm³/mol. The van der Waals surface area contributed by atoms with Gasteiger partial charge in [0.05, 0.1) is 12.6 Å². The summed E-state index contributed by atoms with van der Waals surface area (Å²) < 4.78 is 0. The highest BCUT2D eigenvalue weighted by Gasteiger charge is 2.26. The summed E-state index contributed by atoms with van der Waals surface area (Å²) in [5.74, 6) is -3.19. The molecule has 10 nitrogen and oxygen atoms in total. The summed E-state index contributed by atoms with van der Waals surface area (Å²) >= 11 is 0. The molecule has 0 aliphatic rings. The van der Waals surface area contributed by atoms with Crippen molar-refractivity contribution in [1.29, 1.82) is 0 Å². The van der Waals surface area contributed by atoms with Crippen LogP contribution in [0.5, 0.6) is 5.75 Å². The molecule has 0 spiro atoms. The topological polar surface area (TPSA) is 171 Å². The van der Waals surface area contributed by atoms with Crippen molar-refractivity contribution in [2.75, 3.05) is 6.54 Å². The molecule has 0 heterocycles. The number of nitrogens with one attached hydrogen (secondary N) is 3. The number of aromatic hydroxyl groups is 1. The van der Waals surface area contributed by atoms with Crippen molar-refractivity contribution in [3.05, 3.63) is 29.8 Å². The Labute approximate surface area is 168 Å². The molecular weight excluding hydrogens is 380 g/mol. The first kappa shape index (κ1) is 23.9. The standard InChI is InChI=1S/C19H28N4O6/c1-10(2)16(19(28)29)23-17(26)11(3)22-15(25)9-21-18(27)14(20)8-12-4-6-13(24)7-5-12/h4-7,10-11,14,16,24H,8-9,20H2,1-3H3,(H,21,27)(H,22,25)(H,23,26)(H,28,29). The number of hydrogen-bond donors (Lipinski definition) is 6. The largest absolute Gasteiger partial charge is 0.508 e. The third kappa shape index (κ3) is 8.18. The Balaban J connectivity index is 2.44. The Morgan fingerprint density at radius 1 is 1.00 bits per heavy atom. The fourth-order valence-electron chi connectivity index (χ4n) is 2.43. The minimum absolute atomic E-state index is 0.102. The van der Waals surface area contributed by atoms with Gasteiger partial charge in [0.15, 0.2) is 0 Å². The van der Waals surface area contributed by atoms with E-state index in [2.05, 4.69) is 16.0 Å². The van der Waals surface area contributed by atoms with Gasteiger partial charge in [-0.1, -0.05) is 26.0 Å². The van der Waals surface area contributed by atoms with E-state index in [0.717, 1.165) is 5.56 Å². The number of carbonyl (C=O) groups excluding carboxylic acids is 3. The van der Waals surface area contributed by atoms with Gasteiger partial charge in [0.2, 0.25) is 17.7 Å². The molecule has 1 rings (SSSR count). The average Bonchev–Trinajstić information content (AvgIpc) is 2.64. The van der Waals surface area contributed by atoms with Gasteiger partial charge >= 0.3 is 5.97 Å². The van der Waals surface area contributed by atoms with Gasteiger partial charge in [-0.2, -0.15) is 0 Å². The summed E-state index contributed by atoms with van der Waals surface area (Å²) in [6.07, 6.45) is 0.221. The van der Waals surface area contributed by atoms with E-state index in [9.17, 15) is 24.3 Å². The SMILES string of the molecule is CC(NC(=O)CNC(=O)C(N)Cc1ccc(O)cc1)C(=O)NC(C(=O)O)C(C)C. The average molecular weight is 408 g/mol. The molecule has 0 fully saturated rings.